The van der Waals surface area contributed by atoms with E-state index in [1.807, 2.05) is 42.5 Å². The lowest BCUT2D eigenvalue weighted by Gasteiger charge is -2.22. The van der Waals surface area contributed by atoms with E-state index in [1.54, 1.807) is 6.20 Å². The summed E-state index contributed by atoms with van der Waals surface area (Å²) in [7, 11) is 0. The molecule has 2 heterocycles. The number of fused-ring (bicyclic) bond motifs is 6. The lowest BCUT2D eigenvalue weighted by atomic mass is 9.81. The summed E-state index contributed by atoms with van der Waals surface area (Å²) in [6.07, 6.45) is 7.02. The normalized spacial score (nSPS) is 15.2. The number of hydrogen-bond acceptors (Lipinski definition) is 4. The lowest BCUT2D eigenvalue weighted by molar-refractivity contribution is 0.592. The Hall–Kier alpha value is -7.29. The van der Waals surface area contributed by atoms with Crippen molar-refractivity contribution in [1.29, 1.82) is 5.26 Å². The standard InChI is InChI=1S/C52H38N4O/c1-52(2)46-27-32(31-53)12-23-42(46)43-24-21-39(30-47(43)52)41-9-6-10-44-45-29-38(22-25-48(45)57-50(41)44)36-19-15-34(16-20-36)33-13-17-35(18-14-33)37-7-5-8-40(28-37)51(54)56-49-11-3-4-26-55-49/h3-28,30,38H,29H2,1-2H3,(H2,54,55,56). The molecule has 2 aromatic heterocycles. The number of pyridine rings is 1. The van der Waals surface area contributed by atoms with Crippen LogP contribution in [0.5, 0.6) is 0 Å². The van der Waals surface area contributed by atoms with E-state index >= 15 is 0 Å². The number of nitrogens with two attached hydrogens (primary N) is 1. The molecule has 57 heavy (non-hydrogen) atoms. The molecule has 272 valence electrons. The molecule has 2 aliphatic carbocycles. The highest BCUT2D eigenvalue weighted by atomic mass is 16.3. The maximum atomic E-state index is 9.57. The van der Waals surface area contributed by atoms with Crippen LogP contribution in [-0.2, 0) is 11.8 Å². The van der Waals surface area contributed by atoms with Crippen molar-refractivity contribution in [2.45, 2.75) is 31.6 Å². The van der Waals surface area contributed by atoms with Crippen molar-refractivity contribution in [2.75, 3.05) is 0 Å². The number of para-hydroxylation sites is 1. The molecule has 0 aliphatic heterocycles. The Morgan fingerprint density at radius 1 is 0.719 bits per heavy atom. The van der Waals surface area contributed by atoms with Gasteiger partial charge in [0.25, 0.3) is 0 Å². The number of aliphatic imine (C=N–C) groups is 1. The van der Waals surface area contributed by atoms with Gasteiger partial charge in [0.1, 0.15) is 17.2 Å². The van der Waals surface area contributed by atoms with E-state index in [0.717, 1.165) is 45.6 Å². The molecule has 0 saturated heterocycles. The third-order valence-electron chi connectivity index (χ3n) is 11.8. The van der Waals surface area contributed by atoms with Crippen LogP contribution in [0, 0.1) is 11.3 Å². The Kier molecular flexibility index (Phi) is 8.09. The summed E-state index contributed by atoms with van der Waals surface area (Å²) in [4.78, 5) is 8.75. The summed E-state index contributed by atoms with van der Waals surface area (Å²) in [5.74, 6) is 2.21. The Morgan fingerprint density at radius 2 is 1.42 bits per heavy atom. The SMILES string of the molecule is CC1(C)c2cc(C#N)ccc2-c2ccc(-c3cccc4c5c(oc34)C=CC(c3ccc(-c4ccc(-c6cccc(C(N)=Nc7ccccn7)c6)cc4)cc3)C5)cc21. The Labute approximate surface area is 332 Å². The van der Waals surface area contributed by atoms with Crippen LogP contribution in [0.2, 0.25) is 0 Å². The zero-order valence-electron chi connectivity index (χ0n) is 31.7. The number of aromatic nitrogens is 1. The van der Waals surface area contributed by atoms with Crippen molar-refractivity contribution in [1.82, 2.24) is 4.98 Å². The van der Waals surface area contributed by atoms with Gasteiger partial charge in [-0.2, -0.15) is 5.26 Å². The highest BCUT2D eigenvalue weighted by molar-refractivity contribution is 6.00. The first-order valence-corrected chi connectivity index (χ1v) is 19.3. The average molecular weight is 735 g/mol. The van der Waals surface area contributed by atoms with Gasteiger partial charge in [-0.3, -0.25) is 0 Å². The van der Waals surface area contributed by atoms with Gasteiger partial charge in [-0.25, -0.2) is 9.98 Å². The Bertz CT molecular complexity index is 2960. The molecule has 0 bridgehead atoms. The lowest BCUT2D eigenvalue weighted by Crippen LogP contribution is -2.15. The molecule has 8 aromatic rings. The van der Waals surface area contributed by atoms with E-state index in [4.69, 9.17) is 10.2 Å². The number of allylic oxidation sites excluding steroid dienone is 1. The third kappa shape index (κ3) is 5.94. The second-order valence-electron chi connectivity index (χ2n) is 15.5. The zero-order valence-corrected chi connectivity index (χ0v) is 31.7. The van der Waals surface area contributed by atoms with Crippen molar-refractivity contribution in [2.24, 2.45) is 10.7 Å². The first-order valence-electron chi connectivity index (χ1n) is 19.3. The molecule has 0 saturated carbocycles. The zero-order chi connectivity index (χ0) is 38.7. The highest BCUT2D eigenvalue weighted by Crippen LogP contribution is 2.50. The minimum Gasteiger partial charge on any atom is -0.456 e. The van der Waals surface area contributed by atoms with Gasteiger partial charge in [0, 0.05) is 39.6 Å². The van der Waals surface area contributed by atoms with Crippen LogP contribution in [0.3, 0.4) is 0 Å². The third-order valence-corrected chi connectivity index (χ3v) is 11.8. The molecule has 5 heteroatoms. The summed E-state index contributed by atoms with van der Waals surface area (Å²) in [6, 6.07) is 53.0. The molecule has 1 atom stereocenters. The summed E-state index contributed by atoms with van der Waals surface area (Å²) < 4.78 is 6.65. The second-order valence-corrected chi connectivity index (χ2v) is 15.5. The minimum atomic E-state index is -0.210. The van der Waals surface area contributed by atoms with Gasteiger partial charge in [0.2, 0.25) is 0 Å². The number of amidine groups is 1. The molecule has 10 rings (SSSR count). The van der Waals surface area contributed by atoms with Crippen molar-refractivity contribution >= 4 is 28.7 Å². The van der Waals surface area contributed by atoms with E-state index in [-0.39, 0.29) is 11.3 Å². The van der Waals surface area contributed by atoms with Gasteiger partial charge < -0.3 is 10.2 Å². The van der Waals surface area contributed by atoms with Crippen molar-refractivity contribution < 1.29 is 4.42 Å². The molecule has 5 nitrogen and oxygen atoms in total. The molecule has 0 fully saturated rings. The number of nitrogens with zero attached hydrogens (tertiary/aromatic N) is 3. The second kappa shape index (κ2) is 13.5. The van der Waals surface area contributed by atoms with Gasteiger partial charge in [0.05, 0.1) is 11.6 Å². The summed E-state index contributed by atoms with van der Waals surface area (Å²) in [6.45, 7) is 4.51. The van der Waals surface area contributed by atoms with Gasteiger partial charge in [0.15, 0.2) is 5.82 Å². The highest BCUT2D eigenvalue weighted by Gasteiger charge is 2.36. The number of benzene rings is 6. The van der Waals surface area contributed by atoms with Crippen LogP contribution in [0.4, 0.5) is 5.82 Å². The van der Waals surface area contributed by atoms with Crippen LogP contribution in [0.15, 0.2) is 167 Å². The Morgan fingerprint density at radius 3 is 2.18 bits per heavy atom. The van der Waals surface area contributed by atoms with Crippen LogP contribution in [0.25, 0.3) is 61.6 Å². The van der Waals surface area contributed by atoms with Crippen LogP contribution in [-0.4, -0.2) is 10.8 Å². The fourth-order valence-electron chi connectivity index (χ4n) is 8.70. The first-order chi connectivity index (χ1) is 27.8. The minimum absolute atomic E-state index is 0.210. The molecular formula is C52H38N4O. The average Bonchev–Trinajstić information content (AvgIpc) is 3.75. The maximum absolute atomic E-state index is 9.57. The van der Waals surface area contributed by atoms with E-state index in [9.17, 15) is 5.26 Å². The molecule has 0 radical (unpaired) electrons. The first kappa shape index (κ1) is 34.2. The fraction of sp³-hybridized carbons (Fsp3) is 0.0962. The van der Waals surface area contributed by atoms with Crippen molar-refractivity contribution in [3.05, 3.63) is 197 Å². The number of furan rings is 1. The van der Waals surface area contributed by atoms with E-state index < -0.39 is 0 Å². The predicted octanol–water partition coefficient (Wildman–Crippen LogP) is 12.4. The van der Waals surface area contributed by atoms with Crippen LogP contribution < -0.4 is 5.73 Å². The fourth-order valence-corrected chi connectivity index (χ4v) is 8.70. The molecule has 2 N–H and O–H groups in total. The summed E-state index contributed by atoms with van der Waals surface area (Å²) in [5, 5.41) is 10.7. The van der Waals surface area contributed by atoms with Crippen molar-refractivity contribution in [3.8, 4) is 50.6 Å². The number of hydrogen-bond donors (Lipinski definition) is 1. The monoisotopic (exact) mass is 734 g/mol. The molecule has 2 aliphatic rings. The van der Waals surface area contributed by atoms with Crippen molar-refractivity contribution in [3.63, 3.8) is 0 Å². The molecule has 0 spiro atoms. The predicted molar refractivity (Wildman–Crippen MR) is 231 cm³/mol. The quantitative estimate of drug-likeness (QED) is 0.136. The summed E-state index contributed by atoms with van der Waals surface area (Å²) >= 11 is 0. The largest absolute Gasteiger partial charge is 0.456 e. The Balaban J connectivity index is 0.875. The van der Waals surface area contributed by atoms with Crippen LogP contribution >= 0.6 is 0 Å². The van der Waals surface area contributed by atoms with Crippen LogP contribution in [0.1, 0.15) is 58.9 Å². The van der Waals surface area contributed by atoms with Gasteiger partial charge in [-0.15, -0.1) is 0 Å². The smallest absolute Gasteiger partial charge is 0.154 e. The topological polar surface area (TPSA) is 88.2 Å². The van der Waals surface area contributed by atoms with Gasteiger partial charge >= 0.3 is 0 Å². The maximum Gasteiger partial charge on any atom is 0.154 e. The molecule has 1 unspecified atom stereocenters. The summed E-state index contributed by atoms with van der Waals surface area (Å²) in [5.41, 5.74) is 22.9. The van der Waals surface area contributed by atoms with E-state index in [1.165, 1.54) is 49.9 Å². The number of rotatable bonds is 6. The molecule has 6 aromatic carbocycles. The van der Waals surface area contributed by atoms with E-state index in [0.29, 0.717) is 17.2 Å². The molecular weight excluding hydrogens is 697 g/mol. The molecule has 0 amide bonds. The van der Waals surface area contributed by atoms with Gasteiger partial charge in [-0.05, 0) is 105 Å². The van der Waals surface area contributed by atoms with Gasteiger partial charge in [-0.1, -0.05) is 129 Å². The van der Waals surface area contributed by atoms with E-state index in [2.05, 4.69) is 145 Å². The number of nitriles is 1.